The Morgan fingerprint density at radius 3 is 2.62 bits per heavy atom. The first-order valence-corrected chi connectivity index (χ1v) is 4.61. The van der Waals surface area contributed by atoms with Crippen molar-refractivity contribution in [1.29, 1.82) is 0 Å². The third-order valence-electron chi connectivity index (χ3n) is 1.83. The molecule has 0 amide bonds. The maximum absolute atomic E-state index is 5.11. The Kier molecular flexibility index (Phi) is 7.71. The fourth-order valence-corrected chi connectivity index (χ4v) is 0.883. The SMILES string of the molecule is C#CCNCC(C)NCC(C)OC. The molecule has 0 saturated carbocycles. The summed E-state index contributed by atoms with van der Waals surface area (Å²) in [6.07, 6.45) is 5.36. The minimum absolute atomic E-state index is 0.259. The van der Waals surface area contributed by atoms with Gasteiger partial charge in [-0.15, -0.1) is 6.42 Å². The van der Waals surface area contributed by atoms with E-state index in [0.29, 0.717) is 12.6 Å². The zero-order valence-corrected chi connectivity index (χ0v) is 8.76. The third-order valence-corrected chi connectivity index (χ3v) is 1.83. The number of terminal acetylenes is 1. The van der Waals surface area contributed by atoms with E-state index in [1.54, 1.807) is 7.11 Å². The van der Waals surface area contributed by atoms with Crippen LogP contribution in [-0.2, 0) is 4.74 Å². The quantitative estimate of drug-likeness (QED) is 0.439. The van der Waals surface area contributed by atoms with Crippen molar-refractivity contribution in [2.75, 3.05) is 26.7 Å². The molecule has 0 aliphatic heterocycles. The second-order valence-electron chi connectivity index (χ2n) is 3.19. The van der Waals surface area contributed by atoms with E-state index in [4.69, 9.17) is 11.2 Å². The van der Waals surface area contributed by atoms with Crippen molar-refractivity contribution in [3.05, 3.63) is 0 Å². The zero-order valence-electron chi connectivity index (χ0n) is 8.76. The van der Waals surface area contributed by atoms with E-state index >= 15 is 0 Å². The monoisotopic (exact) mass is 184 g/mol. The lowest BCUT2D eigenvalue weighted by Crippen LogP contribution is -2.40. The Balaban J connectivity index is 3.30. The summed E-state index contributed by atoms with van der Waals surface area (Å²) in [7, 11) is 1.72. The molecule has 3 heteroatoms. The van der Waals surface area contributed by atoms with Gasteiger partial charge in [-0.3, -0.25) is 0 Å². The molecule has 13 heavy (non-hydrogen) atoms. The molecule has 3 nitrogen and oxygen atoms in total. The molecule has 0 heterocycles. The number of ether oxygens (including phenoxy) is 1. The second-order valence-corrected chi connectivity index (χ2v) is 3.19. The number of methoxy groups -OCH3 is 1. The Labute approximate surface area is 81.2 Å². The van der Waals surface area contributed by atoms with Crippen LogP contribution in [0.5, 0.6) is 0 Å². The lowest BCUT2D eigenvalue weighted by molar-refractivity contribution is 0.115. The van der Waals surface area contributed by atoms with Crippen molar-refractivity contribution in [2.24, 2.45) is 0 Å². The highest BCUT2D eigenvalue weighted by atomic mass is 16.5. The molecule has 0 rings (SSSR count). The summed E-state index contributed by atoms with van der Waals surface area (Å²) >= 11 is 0. The highest BCUT2D eigenvalue weighted by molar-refractivity contribution is 4.87. The smallest absolute Gasteiger partial charge is 0.0667 e. The molecule has 0 spiro atoms. The van der Waals surface area contributed by atoms with Crippen LogP contribution in [-0.4, -0.2) is 38.9 Å². The topological polar surface area (TPSA) is 33.3 Å². The van der Waals surface area contributed by atoms with E-state index in [9.17, 15) is 0 Å². The summed E-state index contributed by atoms with van der Waals surface area (Å²) in [6.45, 7) is 6.54. The Morgan fingerprint density at radius 1 is 1.38 bits per heavy atom. The van der Waals surface area contributed by atoms with Gasteiger partial charge in [0.2, 0.25) is 0 Å². The van der Waals surface area contributed by atoms with Crippen LogP contribution < -0.4 is 10.6 Å². The minimum atomic E-state index is 0.259. The predicted molar refractivity (Wildman–Crippen MR) is 55.6 cm³/mol. The number of rotatable bonds is 7. The maximum atomic E-state index is 5.11. The van der Waals surface area contributed by atoms with Crippen LogP contribution in [0.25, 0.3) is 0 Å². The lowest BCUT2D eigenvalue weighted by atomic mass is 10.3. The molecule has 0 aromatic carbocycles. The van der Waals surface area contributed by atoms with Crippen LogP contribution in [0.3, 0.4) is 0 Å². The fraction of sp³-hybridized carbons (Fsp3) is 0.800. The summed E-state index contributed by atoms with van der Waals surface area (Å²) in [5.41, 5.74) is 0. The van der Waals surface area contributed by atoms with Gasteiger partial charge in [-0.25, -0.2) is 0 Å². The van der Waals surface area contributed by atoms with Crippen LogP contribution in [0, 0.1) is 12.3 Å². The van der Waals surface area contributed by atoms with Crippen molar-refractivity contribution in [1.82, 2.24) is 10.6 Å². The van der Waals surface area contributed by atoms with Crippen LogP contribution in [0.1, 0.15) is 13.8 Å². The van der Waals surface area contributed by atoms with E-state index in [-0.39, 0.29) is 6.10 Å². The molecular formula is C10H20N2O. The van der Waals surface area contributed by atoms with Gasteiger partial charge in [-0.2, -0.15) is 0 Å². The Bertz CT molecular complexity index is 153. The minimum Gasteiger partial charge on any atom is -0.380 e. The van der Waals surface area contributed by atoms with Crippen LogP contribution in [0.4, 0.5) is 0 Å². The molecule has 0 saturated heterocycles. The molecule has 0 bridgehead atoms. The summed E-state index contributed by atoms with van der Waals surface area (Å²) in [4.78, 5) is 0. The highest BCUT2D eigenvalue weighted by Crippen LogP contribution is 1.86. The van der Waals surface area contributed by atoms with Crippen LogP contribution in [0.15, 0.2) is 0 Å². The molecule has 2 atom stereocenters. The maximum Gasteiger partial charge on any atom is 0.0667 e. The van der Waals surface area contributed by atoms with Crippen molar-refractivity contribution >= 4 is 0 Å². The molecule has 0 aliphatic rings. The van der Waals surface area contributed by atoms with Gasteiger partial charge in [-0.05, 0) is 13.8 Å². The summed E-state index contributed by atoms with van der Waals surface area (Å²) in [5.74, 6) is 2.54. The molecule has 76 valence electrons. The predicted octanol–water partition coefficient (Wildman–Crippen LogP) is 0.222. The molecule has 2 unspecified atom stereocenters. The molecule has 2 N–H and O–H groups in total. The first kappa shape index (κ1) is 12.4. The van der Waals surface area contributed by atoms with Gasteiger partial charge in [0.15, 0.2) is 0 Å². The van der Waals surface area contributed by atoms with E-state index in [0.717, 1.165) is 13.1 Å². The van der Waals surface area contributed by atoms with E-state index in [1.807, 2.05) is 6.92 Å². The normalized spacial score (nSPS) is 14.9. The largest absolute Gasteiger partial charge is 0.380 e. The van der Waals surface area contributed by atoms with Gasteiger partial charge in [0.1, 0.15) is 0 Å². The van der Waals surface area contributed by atoms with Crippen molar-refractivity contribution < 1.29 is 4.74 Å². The number of hydrogen-bond acceptors (Lipinski definition) is 3. The van der Waals surface area contributed by atoms with Crippen LogP contribution in [0.2, 0.25) is 0 Å². The number of nitrogens with one attached hydrogen (secondary N) is 2. The summed E-state index contributed by atoms with van der Waals surface area (Å²) in [5, 5.41) is 6.47. The average Bonchev–Trinajstić information content (AvgIpc) is 2.14. The van der Waals surface area contributed by atoms with E-state index in [1.165, 1.54) is 0 Å². The third kappa shape index (κ3) is 7.79. The lowest BCUT2D eigenvalue weighted by Gasteiger charge is -2.16. The van der Waals surface area contributed by atoms with Gasteiger partial charge in [0.25, 0.3) is 0 Å². The van der Waals surface area contributed by atoms with E-state index < -0.39 is 0 Å². The Hall–Kier alpha value is -0.560. The molecule has 0 aromatic rings. The zero-order chi connectivity index (χ0) is 10.1. The fourth-order valence-electron chi connectivity index (χ4n) is 0.883. The van der Waals surface area contributed by atoms with E-state index in [2.05, 4.69) is 23.5 Å². The second kappa shape index (κ2) is 8.06. The molecule has 0 radical (unpaired) electrons. The van der Waals surface area contributed by atoms with Crippen molar-refractivity contribution in [2.45, 2.75) is 26.0 Å². The molecule has 0 aromatic heterocycles. The van der Waals surface area contributed by atoms with Gasteiger partial charge in [0, 0.05) is 26.2 Å². The van der Waals surface area contributed by atoms with Gasteiger partial charge in [0.05, 0.1) is 12.6 Å². The van der Waals surface area contributed by atoms with Crippen molar-refractivity contribution in [3.8, 4) is 12.3 Å². The van der Waals surface area contributed by atoms with Gasteiger partial charge in [-0.1, -0.05) is 5.92 Å². The molecule has 0 aliphatic carbocycles. The summed E-state index contributed by atoms with van der Waals surface area (Å²) in [6, 6.07) is 0.422. The first-order chi connectivity index (χ1) is 6.20. The molecule has 0 fully saturated rings. The summed E-state index contributed by atoms with van der Waals surface area (Å²) < 4.78 is 5.11. The number of hydrogen-bond donors (Lipinski definition) is 2. The Morgan fingerprint density at radius 2 is 2.08 bits per heavy atom. The highest BCUT2D eigenvalue weighted by Gasteiger charge is 2.02. The van der Waals surface area contributed by atoms with Crippen molar-refractivity contribution in [3.63, 3.8) is 0 Å². The van der Waals surface area contributed by atoms with Crippen LogP contribution >= 0.6 is 0 Å². The molecular weight excluding hydrogens is 164 g/mol. The van der Waals surface area contributed by atoms with Gasteiger partial charge >= 0.3 is 0 Å². The first-order valence-electron chi connectivity index (χ1n) is 4.61. The average molecular weight is 184 g/mol. The van der Waals surface area contributed by atoms with Gasteiger partial charge < -0.3 is 15.4 Å². The standard InChI is InChI=1S/C10H20N2O/c1-5-6-11-7-9(2)12-8-10(3)13-4/h1,9-12H,6-8H2,2-4H3.